The first kappa shape index (κ1) is 19.5. The Hall–Kier alpha value is -4.45. The number of hydrogen-bond acceptors (Lipinski definition) is 4. The minimum atomic E-state index is -0.260. The highest BCUT2D eigenvalue weighted by Crippen LogP contribution is 2.33. The second-order valence-corrected chi connectivity index (χ2v) is 7.44. The van der Waals surface area contributed by atoms with Gasteiger partial charge in [0.25, 0.3) is 0 Å². The Bertz CT molecular complexity index is 1420. The summed E-state index contributed by atoms with van der Waals surface area (Å²) in [7, 11) is 0. The van der Waals surface area contributed by atoms with Gasteiger partial charge in [0.1, 0.15) is 12.1 Å². The molecule has 6 heteroatoms. The molecule has 2 aromatic heterocycles. The van der Waals surface area contributed by atoms with Gasteiger partial charge in [0.05, 0.1) is 5.52 Å². The van der Waals surface area contributed by atoms with Crippen LogP contribution in [0.2, 0.25) is 0 Å². The normalized spacial score (nSPS) is 10.9. The van der Waals surface area contributed by atoms with Crippen LogP contribution in [0, 0.1) is 0 Å². The van der Waals surface area contributed by atoms with Crippen molar-refractivity contribution in [2.75, 3.05) is 10.2 Å². The first-order valence-electron chi connectivity index (χ1n) is 10.3. The van der Waals surface area contributed by atoms with E-state index in [1.54, 1.807) is 6.33 Å². The summed E-state index contributed by atoms with van der Waals surface area (Å²) < 4.78 is 0. The van der Waals surface area contributed by atoms with E-state index < -0.39 is 0 Å². The molecule has 0 aliphatic rings. The summed E-state index contributed by atoms with van der Waals surface area (Å²) in [4.78, 5) is 26.2. The third-order valence-electron chi connectivity index (χ3n) is 5.36. The van der Waals surface area contributed by atoms with Crippen molar-refractivity contribution in [3.63, 3.8) is 0 Å². The van der Waals surface area contributed by atoms with E-state index in [2.05, 4.69) is 68.1 Å². The molecule has 0 saturated carbocycles. The predicted octanol–water partition coefficient (Wildman–Crippen LogP) is 5.57. The fourth-order valence-corrected chi connectivity index (χ4v) is 3.79. The molecular formula is C26H21N5O. The Labute approximate surface area is 185 Å². The van der Waals surface area contributed by atoms with Crippen LogP contribution in [-0.4, -0.2) is 20.9 Å². The van der Waals surface area contributed by atoms with Crippen molar-refractivity contribution in [3.05, 3.63) is 104 Å². The average molecular weight is 419 g/mol. The van der Waals surface area contributed by atoms with Crippen molar-refractivity contribution in [2.24, 2.45) is 0 Å². The number of benzene rings is 3. The lowest BCUT2D eigenvalue weighted by Gasteiger charge is -2.25. The van der Waals surface area contributed by atoms with Gasteiger partial charge in [0.2, 0.25) is 5.91 Å². The van der Waals surface area contributed by atoms with Gasteiger partial charge < -0.3 is 15.2 Å². The fraction of sp³-hybridized carbons (Fsp3) is 0.0385. The maximum absolute atomic E-state index is 11.7. The van der Waals surface area contributed by atoms with Gasteiger partial charge in [0, 0.05) is 40.4 Å². The van der Waals surface area contributed by atoms with Crippen LogP contribution in [0.1, 0.15) is 5.56 Å². The first-order chi connectivity index (χ1) is 15.7. The number of carbonyl (C=O) groups is 1. The third kappa shape index (κ3) is 3.81. The van der Waals surface area contributed by atoms with Gasteiger partial charge in [-0.1, -0.05) is 36.9 Å². The van der Waals surface area contributed by atoms with Crippen molar-refractivity contribution < 1.29 is 4.79 Å². The molecule has 0 aliphatic carbocycles. The summed E-state index contributed by atoms with van der Waals surface area (Å²) in [6, 6.07) is 24.3. The number of carbonyl (C=O) groups excluding carboxylic acids is 1. The lowest BCUT2D eigenvalue weighted by Crippen LogP contribution is -2.18. The van der Waals surface area contributed by atoms with E-state index in [1.165, 1.54) is 11.6 Å². The molecule has 2 heterocycles. The highest BCUT2D eigenvalue weighted by Gasteiger charge is 2.16. The van der Waals surface area contributed by atoms with Crippen molar-refractivity contribution in [2.45, 2.75) is 6.54 Å². The number of nitrogens with one attached hydrogen (secondary N) is 2. The van der Waals surface area contributed by atoms with E-state index in [4.69, 9.17) is 0 Å². The largest absolute Gasteiger partial charge is 0.361 e. The van der Waals surface area contributed by atoms with Crippen LogP contribution in [0.25, 0.3) is 21.8 Å². The zero-order valence-corrected chi connectivity index (χ0v) is 17.3. The Kier molecular flexibility index (Phi) is 5.09. The van der Waals surface area contributed by atoms with Crippen LogP contribution in [0.3, 0.4) is 0 Å². The van der Waals surface area contributed by atoms with Crippen LogP contribution < -0.4 is 10.2 Å². The first-order valence-corrected chi connectivity index (χ1v) is 10.3. The Morgan fingerprint density at radius 2 is 1.91 bits per heavy atom. The minimum Gasteiger partial charge on any atom is -0.361 e. The molecule has 0 fully saturated rings. The molecule has 156 valence electrons. The molecule has 6 nitrogen and oxygen atoms in total. The van der Waals surface area contributed by atoms with Gasteiger partial charge in [-0.3, -0.25) is 4.79 Å². The Balaban J connectivity index is 1.63. The standard InChI is InChI=1S/C26H21N5O/c1-2-25(32)30-20-8-10-22-24(15-20)28-17-29-26(22)31(16-18-6-4-3-5-7-18)21-9-11-23-19(14-21)12-13-27-23/h2-15,17,27H,1,16H2,(H,30,32). The van der Waals surface area contributed by atoms with Crippen LogP contribution in [0.5, 0.6) is 0 Å². The summed E-state index contributed by atoms with van der Waals surface area (Å²) >= 11 is 0. The molecule has 0 spiro atoms. The highest BCUT2D eigenvalue weighted by atomic mass is 16.1. The number of nitrogens with zero attached hydrogens (tertiary/aromatic N) is 3. The molecule has 1 amide bonds. The minimum absolute atomic E-state index is 0.260. The quantitative estimate of drug-likeness (QED) is 0.353. The van der Waals surface area contributed by atoms with Gasteiger partial charge in [0.15, 0.2) is 0 Å². The number of rotatable bonds is 6. The Morgan fingerprint density at radius 3 is 2.75 bits per heavy atom. The SMILES string of the molecule is C=CC(=O)Nc1ccc2c(N(Cc3ccccc3)c3ccc4[nH]ccc4c3)ncnc2c1. The van der Waals surface area contributed by atoms with Crippen molar-refractivity contribution >= 4 is 44.9 Å². The summed E-state index contributed by atoms with van der Waals surface area (Å²) in [5, 5.41) is 4.82. The number of aromatic nitrogens is 3. The van der Waals surface area contributed by atoms with Crippen molar-refractivity contribution in [3.8, 4) is 0 Å². The fourth-order valence-electron chi connectivity index (χ4n) is 3.79. The van der Waals surface area contributed by atoms with Crippen LogP contribution >= 0.6 is 0 Å². The van der Waals surface area contributed by atoms with Gasteiger partial charge in [-0.15, -0.1) is 0 Å². The van der Waals surface area contributed by atoms with E-state index in [1.807, 2.05) is 42.6 Å². The van der Waals surface area contributed by atoms with E-state index in [0.717, 1.165) is 33.3 Å². The zero-order chi connectivity index (χ0) is 21.9. The maximum atomic E-state index is 11.7. The Morgan fingerprint density at radius 1 is 1.03 bits per heavy atom. The van der Waals surface area contributed by atoms with E-state index >= 15 is 0 Å². The monoisotopic (exact) mass is 419 g/mol. The molecule has 0 aliphatic heterocycles. The van der Waals surface area contributed by atoms with Gasteiger partial charge in [-0.2, -0.15) is 0 Å². The van der Waals surface area contributed by atoms with Crippen LogP contribution in [-0.2, 0) is 11.3 Å². The van der Waals surface area contributed by atoms with Crippen LogP contribution in [0.4, 0.5) is 17.2 Å². The topological polar surface area (TPSA) is 73.9 Å². The summed E-state index contributed by atoms with van der Waals surface area (Å²) in [6.45, 7) is 4.15. The molecule has 2 N–H and O–H groups in total. The van der Waals surface area contributed by atoms with Crippen molar-refractivity contribution in [1.29, 1.82) is 0 Å². The molecule has 32 heavy (non-hydrogen) atoms. The summed E-state index contributed by atoms with van der Waals surface area (Å²) in [5.41, 5.74) is 4.70. The number of aromatic amines is 1. The molecule has 0 atom stereocenters. The number of fused-ring (bicyclic) bond motifs is 2. The molecule has 3 aromatic carbocycles. The third-order valence-corrected chi connectivity index (χ3v) is 5.36. The van der Waals surface area contributed by atoms with E-state index in [-0.39, 0.29) is 5.91 Å². The van der Waals surface area contributed by atoms with E-state index in [9.17, 15) is 4.79 Å². The molecule has 0 radical (unpaired) electrons. The number of amides is 1. The number of H-pyrrole nitrogens is 1. The van der Waals surface area contributed by atoms with Gasteiger partial charge in [-0.05, 0) is 54.1 Å². The molecule has 5 aromatic rings. The second kappa shape index (κ2) is 8.35. The van der Waals surface area contributed by atoms with E-state index in [0.29, 0.717) is 12.2 Å². The molecule has 5 rings (SSSR count). The lowest BCUT2D eigenvalue weighted by atomic mass is 10.1. The zero-order valence-electron chi connectivity index (χ0n) is 17.3. The van der Waals surface area contributed by atoms with Gasteiger partial charge in [-0.25, -0.2) is 9.97 Å². The molecule has 0 bridgehead atoms. The number of hydrogen-bond donors (Lipinski definition) is 2. The van der Waals surface area contributed by atoms with Gasteiger partial charge >= 0.3 is 0 Å². The van der Waals surface area contributed by atoms with Crippen LogP contribution in [0.15, 0.2) is 98.0 Å². The smallest absolute Gasteiger partial charge is 0.247 e. The maximum Gasteiger partial charge on any atom is 0.247 e. The predicted molar refractivity (Wildman–Crippen MR) is 129 cm³/mol. The molecular weight excluding hydrogens is 398 g/mol. The lowest BCUT2D eigenvalue weighted by molar-refractivity contribution is -0.111. The molecule has 0 unspecified atom stereocenters. The summed E-state index contributed by atoms with van der Waals surface area (Å²) in [5.74, 6) is 0.541. The average Bonchev–Trinajstić information content (AvgIpc) is 3.30. The second-order valence-electron chi connectivity index (χ2n) is 7.44. The number of anilines is 3. The van der Waals surface area contributed by atoms with Crippen molar-refractivity contribution in [1.82, 2.24) is 15.0 Å². The summed E-state index contributed by atoms with van der Waals surface area (Å²) in [6.07, 6.45) is 4.74. The highest BCUT2D eigenvalue weighted by molar-refractivity contribution is 6.01. The molecule has 0 saturated heterocycles.